The van der Waals surface area contributed by atoms with E-state index in [0.29, 0.717) is 11.8 Å². The zero-order valence-electron chi connectivity index (χ0n) is 13.4. The van der Waals surface area contributed by atoms with Gasteiger partial charge in [0.2, 0.25) is 0 Å². The third-order valence-corrected chi connectivity index (χ3v) is 3.47. The zero-order chi connectivity index (χ0) is 18.5. The van der Waals surface area contributed by atoms with E-state index in [1.807, 2.05) is 6.07 Å². The third kappa shape index (κ3) is 4.07. The number of benzene rings is 2. The van der Waals surface area contributed by atoms with Crippen LogP contribution in [0.4, 0.5) is 20.2 Å². The first-order valence-electron chi connectivity index (χ1n) is 7.62. The fourth-order valence-electron chi connectivity index (χ4n) is 2.20. The molecule has 0 aliphatic rings. The van der Waals surface area contributed by atoms with Gasteiger partial charge in [-0.3, -0.25) is 14.6 Å². The molecule has 2 N–H and O–H groups in total. The minimum absolute atomic E-state index is 0.0288. The van der Waals surface area contributed by atoms with Gasteiger partial charge < -0.3 is 10.6 Å². The lowest BCUT2D eigenvalue weighted by atomic mass is 10.2. The summed E-state index contributed by atoms with van der Waals surface area (Å²) in [5.74, 6) is -2.77. The van der Waals surface area contributed by atoms with Crippen molar-refractivity contribution in [2.75, 3.05) is 10.6 Å². The van der Waals surface area contributed by atoms with E-state index in [9.17, 15) is 18.4 Å². The number of rotatable bonds is 4. The Hall–Kier alpha value is -3.61. The minimum atomic E-state index is -0.894. The summed E-state index contributed by atoms with van der Waals surface area (Å²) in [6.45, 7) is 0. The molecule has 1 aromatic heterocycles. The van der Waals surface area contributed by atoms with E-state index in [1.165, 1.54) is 18.3 Å². The van der Waals surface area contributed by atoms with Crippen LogP contribution in [0.15, 0.2) is 66.9 Å². The van der Waals surface area contributed by atoms with Crippen molar-refractivity contribution in [2.45, 2.75) is 0 Å². The molecule has 7 heteroatoms. The molecule has 0 bridgehead atoms. The Balaban J connectivity index is 1.76. The molecule has 0 fully saturated rings. The fourth-order valence-corrected chi connectivity index (χ4v) is 2.20. The monoisotopic (exact) mass is 353 g/mol. The van der Waals surface area contributed by atoms with Crippen LogP contribution in [-0.2, 0) is 0 Å². The molecule has 0 atom stereocenters. The molecule has 3 aromatic rings. The Morgan fingerprint density at radius 2 is 1.62 bits per heavy atom. The van der Waals surface area contributed by atoms with Crippen molar-refractivity contribution < 1.29 is 18.4 Å². The highest BCUT2D eigenvalue weighted by Gasteiger charge is 2.14. The van der Waals surface area contributed by atoms with Crippen LogP contribution in [0.25, 0.3) is 0 Å². The van der Waals surface area contributed by atoms with Gasteiger partial charge in [0.15, 0.2) is 0 Å². The molecule has 0 radical (unpaired) electrons. The second kappa shape index (κ2) is 7.52. The number of aromatic nitrogens is 1. The second-order valence-electron chi connectivity index (χ2n) is 5.33. The number of para-hydroxylation sites is 1. The summed E-state index contributed by atoms with van der Waals surface area (Å²) in [5, 5.41) is 4.98. The number of carbonyl (C=O) groups is 2. The number of amides is 2. The fraction of sp³-hybridized carbons (Fsp3) is 0. The van der Waals surface area contributed by atoms with Crippen LogP contribution in [-0.4, -0.2) is 16.8 Å². The largest absolute Gasteiger partial charge is 0.321 e. The summed E-state index contributed by atoms with van der Waals surface area (Å²) >= 11 is 0. The van der Waals surface area contributed by atoms with Crippen molar-refractivity contribution in [1.82, 2.24) is 4.98 Å². The average Bonchev–Trinajstić information content (AvgIpc) is 2.65. The topological polar surface area (TPSA) is 71.1 Å². The molecule has 0 spiro atoms. The van der Waals surface area contributed by atoms with Crippen molar-refractivity contribution in [2.24, 2.45) is 0 Å². The summed E-state index contributed by atoms with van der Waals surface area (Å²) in [6.07, 6.45) is 1.30. The molecule has 3 rings (SSSR count). The van der Waals surface area contributed by atoms with Gasteiger partial charge in [-0.05, 0) is 36.4 Å². The maximum absolute atomic E-state index is 13.6. The minimum Gasteiger partial charge on any atom is -0.321 e. The van der Waals surface area contributed by atoms with Crippen molar-refractivity contribution in [3.8, 4) is 0 Å². The molecule has 0 aliphatic heterocycles. The van der Waals surface area contributed by atoms with Crippen LogP contribution in [0, 0.1) is 11.6 Å². The Labute approximate surface area is 147 Å². The molecular formula is C19H13F2N3O2. The van der Waals surface area contributed by atoms with E-state index in [2.05, 4.69) is 15.6 Å². The van der Waals surface area contributed by atoms with Crippen LogP contribution in [0.1, 0.15) is 20.8 Å². The number of hydrogen-bond donors (Lipinski definition) is 2. The van der Waals surface area contributed by atoms with E-state index < -0.39 is 23.4 Å². The summed E-state index contributed by atoms with van der Waals surface area (Å²) < 4.78 is 26.6. The number of hydrogen-bond acceptors (Lipinski definition) is 3. The van der Waals surface area contributed by atoms with Crippen molar-refractivity contribution >= 4 is 23.2 Å². The molecule has 130 valence electrons. The quantitative estimate of drug-likeness (QED) is 0.748. The van der Waals surface area contributed by atoms with Gasteiger partial charge in [0.25, 0.3) is 11.8 Å². The standard InChI is InChI=1S/C19H13F2N3O2/c20-13-6-7-16(15(21)11-13)24-18(25)12-8-9-22-17(10-12)19(26)23-14-4-2-1-3-5-14/h1-11H,(H,23,26)(H,24,25). The molecular weight excluding hydrogens is 340 g/mol. The SMILES string of the molecule is O=C(Nc1ccc(F)cc1F)c1ccnc(C(=O)Nc2ccccc2)c1. The summed E-state index contributed by atoms with van der Waals surface area (Å²) in [7, 11) is 0. The molecule has 2 aromatic carbocycles. The lowest BCUT2D eigenvalue weighted by molar-refractivity contribution is 0.102. The van der Waals surface area contributed by atoms with Gasteiger partial charge in [-0.25, -0.2) is 8.78 Å². The van der Waals surface area contributed by atoms with Gasteiger partial charge >= 0.3 is 0 Å². The number of anilines is 2. The highest BCUT2D eigenvalue weighted by molar-refractivity contribution is 6.07. The van der Waals surface area contributed by atoms with Gasteiger partial charge in [-0.1, -0.05) is 18.2 Å². The van der Waals surface area contributed by atoms with Gasteiger partial charge in [0.1, 0.15) is 17.3 Å². The van der Waals surface area contributed by atoms with Crippen LogP contribution in [0.5, 0.6) is 0 Å². The second-order valence-corrected chi connectivity index (χ2v) is 5.33. The molecule has 0 unspecified atom stereocenters. The van der Waals surface area contributed by atoms with Crippen LogP contribution < -0.4 is 10.6 Å². The number of pyridine rings is 1. The molecule has 0 saturated carbocycles. The van der Waals surface area contributed by atoms with Crippen molar-refractivity contribution in [3.63, 3.8) is 0 Å². The zero-order valence-corrected chi connectivity index (χ0v) is 13.4. The third-order valence-electron chi connectivity index (χ3n) is 3.47. The van der Waals surface area contributed by atoms with Gasteiger partial charge in [-0.2, -0.15) is 0 Å². The Morgan fingerprint density at radius 1 is 0.846 bits per heavy atom. The molecule has 26 heavy (non-hydrogen) atoms. The molecule has 0 saturated heterocycles. The Morgan fingerprint density at radius 3 is 2.35 bits per heavy atom. The first-order valence-corrected chi connectivity index (χ1v) is 7.62. The van der Waals surface area contributed by atoms with E-state index >= 15 is 0 Å². The highest BCUT2D eigenvalue weighted by atomic mass is 19.1. The maximum atomic E-state index is 13.6. The molecule has 2 amide bonds. The number of nitrogens with one attached hydrogen (secondary N) is 2. The van der Waals surface area contributed by atoms with E-state index in [1.54, 1.807) is 24.3 Å². The van der Waals surface area contributed by atoms with E-state index in [-0.39, 0.29) is 16.9 Å². The number of halogens is 2. The molecule has 1 heterocycles. The average molecular weight is 353 g/mol. The summed E-state index contributed by atoms with van der Waals surface area (Å²) in [4.78, 5) is 28.4. The van der Waals surface area contributed by atoms with E-state index in [0.717, 1.165) is 12.1 Å². The molecule has 5 nitrogen and oxygen atoms in total. The lowest BCUT2D eigenvalue weighted by Gasteiger charge is -2.08. The maximum Gasteiger partial charge on any atom is 0.274 e. The van der Waals surface area contributed by atoms with Gasteiger partial charge in [-0.15, -0.1) is 0 Å². The normalized spacial score (nSPS) is 10.2. The van der Waals surface area contributed by atoms with Crippen LogP contribution in [0.2, 0.25) is 0 Å². The van der Waals surface area contributed by atoms with E-state index in [4.69, 9.17) is 0 Å². The van der Waals surface area contributed by atoms with Crippen molar-refractivity contribution in [3.05, 3.63) is 89.8 Å². The summed E-state index contributed by atoms with van der Waals surface area (Å²) in [5.41, 5.74) is 0.564. The van der Waals surface area contributed by atoms with Crippen molar-refractivity contribution in [1.29, 1.82) is 0 Å². The summed E-state index contributed by atoms with van der Waals surface area (Å²) in [6, 6.07) is 14.3. The Bertz CT molecular complexity index is 962. The van der Waals surface area contributed by atoms with Gasteiger partial charge in [0.05, 0.1) is 5.69 Å². The number of carbonyl (C=O) groups excluding carboxylic acids is 2. The lowest BCUT2D eigenvalue weighted by Crippen LogP contribution is -2.17. The van der Waals surface area contributed by atoms with Crippen LogP contribution in [0.3, 0.4) is 0 Å². The highest BCUT2D eigenvalue weighted by Crippen LogP contribution is 2.16. The molecule has 0 aliphatic carbocycles. The predicted molar refractivity (Wildman–Crippen MR) is 92.9 cm³/mol. The first-order chi connectivity index (χ1) is 12.5. The van der Waals surface area contributed by atoms with Crippen LogP contribution >= 0.6 is 0 Å². The predicted octanol–water partition coefficient (Wildman–Crippen LogP) is 3.86. The number of nitrogens with zero attached hydrogens (tertiary/aromatic N) is 1. The first kappa shape index (κ1) is 17.2. The Kier molecular flexibility index (Phi) is 4.98. The van der Waals surface area contributed by atoms with Gasteiger partial charge in [0, 0.05) is 23.5 Å². The smallest absolute Gasteiger partial charge is 0.274 e.